The highest BCUT2D eigenvalue weighted by molar-refractivity contribution is 6.26. The van der Waals surface area contributed by atoms with Crippen molar-refractivity contribution in [3.8, 4) is 0 Å². The van der Waals surface area contributed by atoms with Gasteiger partial charge >= 0.3 is 0 Å². The first-order valence-corrected chi connectivity index (χ1v) is 22.9. The topological polar surface area (TPSA) is 45.9 Å². The van der Waals surface area contributed by atoms with E-state index in [9.17, 15) is 0 Å². The van der Waals surface area contributed by atoms with Crippen LogP contribution in [-0.2, 0) is 0 Å². The summed E-state index contributed by atoms with van der Waals surface area (Å²) in [5, 5.41) is 10.8. The first-order chi connectivity index (χ1) is 32.3. The molecule has 0 spiro atoms. The Morgan fingerprint density at radius 1 is 0.394 bits per heavy atom. The number of aryl methyl sites for hydroxylation is 3. The molecule has 0 N–H and O–H groups in total. The van der Waals surface area contributed by atoms with E-state index in [1.165, 1.54) is 11.1 Å². The van der Waals surface area contributed by atoms with Gasteiger partial charge in [-0.3, -0.25) is 0 Å². The van der Waals surface area contributed by atoms with E-state index in [2.05, 4.69) is 220 Å². The van der Waals surface area contributed by atoms with Gasteiger partial charge in [0.25, 0.3) is 0 Å². The summed E-state index contributed by atoms with van der Waals surface area (Å²) in [6.45, 7) is 10.9. The highest BCUT2D eigenvalue weighted by Crippen LogP contribution is 2.51. The molecule has 2 unspecified atom stereocenters. The summed E-state index contributed by atoms with van der Waals surface area (Å²) in [7, 11) is 0. The Balaban J connectivity index is 1.13. The van der Waals surface area contributed by atoms with Gasteiger partial charge in [-0.25, -0.2) is 0 Å². The van der Waals surface area contributed by atoms with Gasteiger partial charge in [-0.1, -0.05) is 158 Å². The van der Waals surface area contributed by atoms with Gasteiger partial charge in [-0.2, -0.15) is 0 Å². The summed E-state index contributed by atoms with van der Waals surface area (Å²) in [5.74, 6) is 0.204. The SMILES string of the molecule is CC1=CC(C)C(N(c2cc3c4cc(N(c5ccc(C)cc5)c5cccc6c5oc5c(C)cccc56)c5ccccc5c4oc3c3ccccc23)c2cccc3c2oc2c(C)cccc23)C=C1. The van der Waals surface area contributed by atoms with Gasteiger partial charge in [0.15, 0.2) is 11.2 Å². The van der Waals surface area contributed by atoms with Gasteiger partial charge in [0.05, 0.1) is 28.8 Å². The van der Waals surface area contributed by atoms with E-state index in [4.69, 9.17) is 13.3 Å². The molecule has 5 heteroatoms. The Morgan fingerprint density at radius 3 is 1.44 bits per heavy atom. The molecule has 318 valence electrons. The van der Waals surface area contributed by atoms with E-state index in [0.29, 0.717) is 0 Å². The maximum Gasteiger partial charge on any atom is 0.159 e. The summed E-state index contributed by atoms with van der Waals surface area (Å²) in [6, 6.07) is 56.8. The van der Waals surface area contributed by atoms with Crippen molar-refractivity contribution in [2.24, 2.45) is 5.92 Å². The lowest BCUT2D eigenvalue weighted by Crippen LogP contribution is -2.35. The van der Waals surface area contributed by atoms with Gasteiger partial charge in [-0.05, 0) is 81.1 Å². The van der Waals surface area contributed by atoms with Crippen LogP contribution in [-0.4, -0.2) is 6.04 Å². The Bertz CT molecular complexity index is 4030. The lowest BCUT2D eigenvalue weighted by molar-refractivity contribution is 0.601. The van der Waals surface area contributed by atoms with Crippen LogP contribution in [0.25, 0.3) is 87.4 Å². The molecule has 0 aliphatic heterocycles. The van der Waals surface area contributed by atoms with Crippen LogP contribution in [0.3, 0.4) is 0 Å². The van der Waals surface area contributed by atoms with E-state index in [0.717, 1.165) is 127 Å². The molecule has 3 heterocycles. The van der Waals surface area contributed by atoms with Gasteiger partial charge < -0.3 is 23.1 Å². The predicted octanol–water partition coefficient (Wildman–Crippen LogP) is 17.7. The average Bonchev–Trinajstić information content (AvgIpc) is 4.04. The molecule has 1 aliphatic carbocycles. The monoisotopic (exact) mass is 854 g/mol. The fourth-order valence-electron chi connectivity index (χ4n) is 10.9. The lowest BCUT2D eigenvalue weighted by Gasteiger charge is -2.37. The predicted molar refractivity (Wildman–Crippen MR) is 277 cm³/mol. The largest absolute Gasteiger partial charge is 0.455 e. The molecule has 2 atom stereocenters. The standard InChI is InChI=1S/C61H46N2O3/c1-35-26-29-40(30-27-35)62(52-24-12-22-47-45-20-10-14-37(3)56(45)64-60(47)52)54-33-49-50-34-55(42-17-7-9-19-44(42)59(50)66-58(49)43-18-8-6-16-41(43)54)63(51-31-28-36(2)32-39(51)5)53-25-13-23-48-46-21-11-15-38(4)57(46)65-61(48)53/h6-34,39,51H,1-5H3. The van der Waals surface area contributed by atoms with Crippen LogP contribution in [0.5, 0.6) is 0 Å². The van der Waals surface area contributed by atoms with E-state index in [1.54, 1.807) is 0 Å². The number of furan rings is 3. The minimum Gasteiger partial charge on any atom is -0.455 e. The molecule has 1 aliphatic rings. The zero-order valence-electron chi connectivity index (χ0n) is 37.5. The van der Waals surface area contributed by atoms with E-state index < -0.39 is 0 Å². The first-order valence-electron chi connectivity index (χ1n) is 22.9. The molecule has 0 bridgehead atoms. The van der Waals surface area contributed by atoms with Crippen LogP contribution >= 0.6 is 0 Å². The number of fused-ring (bicyclic) bond motifs is 13. The Hall–Kier alpha value is -8.02. The number of benzene rings is 9. The first kappa shape index (κ1) is 38.4. The fraction of sp³-hybridized carbons (Fsp3) is 0.115. The smallest absolute Gasteiger partial charge is 0.159 e. The Labute approximate surface area is 382 Å². The van der Waals surface area contributed by atoms with Crippen molar-refractivity contribution in [3.63, 3.8) is 0 Å². The van der Waals surface area contributed by atoms with Gasteiger partial charge in [0.1, 0.15) is 22.3 Å². The van der Waals surface area contributed by atoms with Crippen LogP contribution < -0.4 is 9.80 Å². The molecule has 13 rings (SSSR count). The summed E-state index contributed by atoms with van der Waals surface area (Å²) >= 11 is 0. The van der Waals surface area contributed by atoms with Gasteiger partial charge in [0.2, 0.25) is 0 Å². The molecule has 0 fully saturated rings. The second-order valence-corrected chi connectivity index (χ2v) is 18.3. The zero-order chi connectivity index (χ0) is 44.4. The molecule has 9 aromatic carbocycles. The summed E-state index contributed by atoms with van der Waals surface area (Å²) < 4.78 is 21.1. The summed E-state index contributed by atoms with van der Waals surface area (Å²) in [4.78, 5) is 4.90. The highest BCUT2D eigenvalue weighted by Gasteiger charge is 2.31. The number of rotatable bonds is 6. The van der Waals surface area contributed by atoms with Gasteiger partial charge in [-0.15, -0.1) is 0 Å². The van der Waals surface area contributed by atoms with Crippen molar-refractivity contribution in [1.29, 1.82) is 0 Å². The summed E-state index contributed by atoms with van der Waals surface area (Å²) in [6.07, 6.45) is 7.01. The van der Waals surface area contributed by atoms with Crippen LogP contribution in [0, 0.1) is 26.7 Å². The molecule has 5 nitrogen and oxygen atoms in total. The maximum absolute atomic E-state index is 7.21. The van der Waals surface area contributed by atoms with Crippen molar-refractivity contribution in [2.75, 3.05) is 9.80 Å². The quantitative estimate of drug-likeness (QED) is 0.167. The zero-order valence-corrected chi connectivity index (χ0v) is 37.5. The molecule has 3 aromatic heterocycles. The maximum atomic E-state index is 7.21. The van der Waals surface area contributed by atoms with Crippen LogP contribution in [0.2, 0.25) is 0 Å². The molecule has 0 amide bonds. The fourth-order valence-corrected chi connectivity index (χ4v) is 10.9. The number of anilines is 5. The summed E-state index contributed by atoms with van der Waals surface area (Å²) in [5.41, 5.74) is 15.2. The van der Waals surface area contributed by atoms with E-state index in [-0.39, 0.29) is 12.0 Å². The van der Waals surface area contributed by atoms with Crippen molar-refractivity contribution >= 4 is 116 Å². The number of hydrogen-bond donors (Lipinski definition) is 0. The third-order valence-corrected chi connectivity index (χ3v) is 14.1. The minimum absolute atomic E-state index is 0.00557. The van der Waals surface area contributed by atoms with Crippen molar-refractivity contribution in [1.82, 2.24) is 0 Å². The highest BCUT2D eigenvalue weighted by atomic mass is 16.3. The van der Waals surface area contributed by atoms with Crippen LogP contribution in [0.1, 0.15) is 30.5 Å². The number of para-hydroxylation sites is 4. The molecule has 0 saturated carbocycles. The number of allylic oxidation sites excluding steroid dienone is 2. The number of hydrogen-bond acceptors (Lipinski definition) is 5. The van der Waals surface area contributed by atoms with Crippen LogP contribution in [0.15, 0.2) is 195 Å². The second-order valence-electron chi connectivity index (χ2n) is 18.3. The molecule has 66 heavy (non-hydrogen) atoms. The van der Waals surface area contributed by atoms with Crippen molar-refractivity contribution in [2.45, 2.75) is 40.7 Å². The Morgan fingerprint density at radius 2 is 0.848 bits per heavy atom. The number of nitrogens with zero attached hydrogens (tertiary/aromatic N) is 2. The molecular formula is C61H46N2O3. The van der Waals surface area contributed by atoms with E-state index in [1.807, 2.05) is 0 Å². The third-order valence-electron chi connectivity index (χ3n) is 14.1. The second kappa shape index (κ2) is 14.5. The average molecular weight is 855 g/mol. The Kier molecular flexibility index (Phi) is 8.44. The minimum atomic E-state index is -0.00557. The molecular weight excluding hydrogens is 809 g/mol. The molecule has 0 saturated heterocycles. The molecule has 0 radical (unpaired) electrons. The normalized spacial score (nSPS) is 15.4. The third kappa shape index (κ3) is 5.66. The van der Waals surface area contributed by atoms with Crippen LogP contribution in [0.4, 0.5) is 28.4 Å². The van der Waals surface area contributed by atoms with Gasteiger partial charge in [0, 0.05) is 59.5 Å². The van der Waals surface area contributed by atoms with E-state index >= 15 is 0 Å². The van der Waals surface area contributed by atoms with Crippen molar-refractivity contribution < 1.29 is 13.3 Å². The van der Waals surface area contributed by atoms with Crippen molar-refractivity contribution in [3.05, 3.63) is 198 Å². The molecule has 12 aromatic rings. The lowest BCUT2D eigenvalue weighted by atomic mass is 9.90.